The van der Waals surface area contributed by atoms with Gasteiger partial charge in [0.05, 0.1) is 5.69 Å². The van der Waals surface area contributed by atoms with Gasteiger partial charge in [0.25, 0.3) is 5.91 Å². The second kappa shape index (κ2) is 5.35. The molecule has 0 saturated heterocycles. The van der Waals surface area contributed by atoms with E-state index in [4.69, 9.17) is 0 Å². The summed E-state index contributed by atoms with van der Waals surface area (Å²) in [5, 5.41) is 4.09. The highest BCUT2D eigenvalue weighted by molar-refractivity contribution is 6.07. The van der Waals surface area contributed by atoms with E-state index in [1.165, 1.54) is 11.9 Å². The fraction of sp³-hybridized carbons (Fsp3) is 0.167. The largest absolute Gasteiger partial charge is 0.305 e. The minimum atomic E-state index is 0.0348. The smallest absolute Gasteiger partial charge is 0.258 e. The van der Waals surface area contributed by atoms with E-state index in [1.54, 1.807) is 11.0 Å². The van der Waals surface area contributed by atoms with Crippen molar-refractivity contribution in [2.24, 2.45) is 0 Å². The molecule has 2 heterocycles. The molecule has 3 aromatic rings. The van der Waals surface area contributed by atoms with Crippen LogP contribution in [0, 0.1) is 0 Å². The normalized spacial score (nSPS) is 16.4. The molecule has 2 aromatic carbocycles. The Hall–Kier alpha value is -2.95. The van der Waals surface area contributed by atoms with Gasteiger partial charge in [-0.3, -0.25) is 4.79 Å². The predicted molar refractivity (Wildman–Crippen MR) is 87.8 cm³/mol. The lowest BCUT2D eigenvalue weighted by atomic mass is 10.1. The molecule has 0 N–H and O–H groups in total. The molecule has 1 amide bonds. The summed E-state index contributed by atoms with van der Waals surface area (Å²) in [7, 11) is 0. The van der Waals surface area contributed by atoms with E-state index in [9.17, 15) is 4.79 Å². The molecule has 0 spiro atoms. The first kappa shape index (κ1) is 13.7. The number of anilines is 1. The number of carbonyl (C=O) groups is 1. The Balaban J connectivity index is 1.65. The van der Waals surface area contributed by atoms with Gasteiger partial charge in [0, 0.05) is 17.3 Å². The first-order valence-electron chi connectivity index (χ1n) is 7.60. The molecule has 4 rings (SSSR count). The zero-order chi connectivity index (χ0) is 15.8. The summed E-state index contributed by atoms with van der Waals surface area (Å²) in [4.78, 5) is 18.7. The Kier molecular flexibility index (Phi) is 3.19. The zero-order valence-corrected chi connectivity index (χ0v) is 12.8. The summed E-state index contributed by atoms with van der Waals surface area (Å²) >= 11 is 0. The van der Waals surface area contributed by atoms with Crippen molar-refractivity contribution in [2.75, 3.05) is 4.90 Å². The summed E-state index contributed by atoms with van der Waals surface area (Å²) in [6.45, 7) is 2.08. The molecule has 1 aliphatic rings. The molecule has 1 unspecified atom stereocenters. The van der Waals surface area contributed by atoms with Crippen LogP contribution in [0.4, 0.5) is 5.69 Å². The molecule has 0 radical (unpaired) electrons. The molecule has 0 fully saturated rings. The van der Waals surface area contributed by atoms with Gasteiger partial charge in [0.2, 0.25) is 0 Å². The van der Waals surface area contributed by atoms with Crippen LogP contribution < -0.4 is 4.90 Å². The van der Waals surface area contributed by atoms with E-state index < -0.39 is 0 Å². The number of hydrogen-bond acceptors (Lipinski definition) is 3. The van der Waals surface area contributed by atoms with E-state index in [2.05, 4.69) is 23.1 Å². The number of aromatic nitrogens is 3. The van der Waals surface area contributed by atoms with Crippen LogP contribution >= 0.6 is 0 Å². The molecule has 5 nitrogen and oxygen atoms in total. The summed E-state index contributed by atoms with van der Waals surface area (Å²) in [5.41, 5.74) is 3.81. The van der Waals surface area contributed by atoms with Crippen LogP contribution in [0.25, 0.3) is 5.69 Å². The maximum atomic E-state index is 12.9. The molecule has 0 aliphatic carbocycles. The van der Waals surface area contributed by atoms with Gasteiger partial charge < -0.3 is 4.90 Å². The molecule has 1 aliphatic heterocycles. The maximum absolute atomic E-state index is 12.9. The third kappa shape index (κ3) is 2.30. The van der Waals surface area contributed by atoms with Crippen molar-refractivity contribution < 1.29 is 4.79 Å². The van der Waals surface area contributed by atoms with E-state index in [0.29, 0.717) is 5.56 Å². The van der Waals surface area contributed by atoms with Gasteiger partial charge in [-0.1, -0.05) is 18.2 Å². The van der Waals surface area contributed by atoms with Crippen LogP contribution in [0.3, 0.4) is 0 Å². The van der Waals surface area contributed by atoms with Crippen molar-refractivity contribution >= 4 is 11.6 Å². The van der Waals surface area contributed by atoms with Crippen LogP contribution in [0.15, 0.2) is 61.2 Å². The lowest BCUT2D eigenvalue weighted by molar-refractivity contribution is 0.0981. The molecule has 0 bridgehead atoms. The molecule has 0 saturated carbocycles. The predicted octanol–water partition coefficient (Wildman–Crippen LogP) is 2.86. The number of rotatable bonds is 2. The number of benzene rings is 2. The van der Waals surface area contributed by atoms with Crippen molar-refractivity contribution in [3.8, 4) is 5.69 Å². The topological polar surface area (TPSA) is 51.0 Å². The first-order valence-corrected chi connectivity index (χ1v) is 7.60. The number of para-hydroxylation sites is 1. The van der Waals surface area contributed by atoms with Crippen molar-refractivity contribution in [1.29, 1.82) is 0 Å². The highest BCUT2D eigenvalue weighted by Gasteiger charge is 2.31. The monoisotopic (exact) mass is 304 g/mol. The maximum Gasteiger partial charge on any atom is 0.258 e. The summed E-state index contributed by atoms with van der Waals surface area (Å²) in [6.07, 6.45) is 4.02. The van der Waals surface area contributed by atoms with E-state index >= 15 is 0 Å². The molecule has 5 heteroatoms. The first-order chi connectivity index (χ1) is 11.2. The van der Waals surface area contributed by atoms with Crippen LogP contribution in [-0.4, -0.2) is 26.7 Å². The number of carbonyl (C=O) groups excluding carboxylic acids is 1. The zero-order valence-electron chi connectivity index (χ0n) is 12.8. The quantitative estimate of drug-likeness (QED) is 0.731. The fourth-order valence-corrected chi connectivity index (χ4v) is 3.11. The van der Waals surface area contributed by atoms with Gasteiger partial charge in [-0.2, -0.15) is 5.10 Å². The average molecular weight is 304 g/mol. The van der Waals surface area contributed by atoms with Crippen molar-refractivity contribution in [3.63, 3.8) is 0 Å². The molecule has 23 heavy (non-hydrogen) atoms. The van der Waals surface area contributed by atoms with Gasteiger partial charge >= 0.3 is 0 Å². The van der Waals surface area contributed by atoms with Crippen molar-refractivity contribution in [1.82, 2.24) is 14.8 Å². The Morgan fingerprint density at radius 2 is 1.91 bits per heavy atom. The number of amides is 1. The Labute approximate surface area is 134 Å². The van der Waals surface area contributed by atoms with Gasteiger partial charge in [-0.15, -0.1) is 0 Å². The van der Waals surface area contributed by atoms with Crippen LogP contribution in [0.2, 0.25) is 0 Å². The lowest BCUT2D eigenvalue weighted by Crippen LogP contribution is -2.35. The highest BCUT2D eigenvalue weighted by Crippen LogP contribution is 2.33. The number of nitrogens with zero attached hydrogens (tertiary/aromatic N) is 4. The third-order valence-corrected chi connectivity index (χ3v) is 4.22. The highest BCUT2D eigenvalue weighted by atomic mass is 16.2. The molecular formula is C18H16N4O. The molecule has 1 aromatic heterocycles. The van der Waals surface area contributed by atoms with Crippen molar-refractivity contribution in [3.05, 3.63) is 72.3 Å². The van der Waals surface area contributed by atoms with Crippen LogP contribution in [0.1, 0.15) is 22.8 Å². The Morgan fingerprint density at radius 3 is 2.65 bits per heavy atom. The number of hydrogen-bond donors (Lipinski definition) is 0. The fourth-order valence-electron chi connectivity index (χ4n) is 3.11. The summed E-state index contributed by atoms with van der Waals surface area (Å²) < 4.78 is 1.67. The van der Waals surface area contributed by atoms with Gasteiger partial charge in [0.15, 0.2) is 0 Å². The summed E-state index contributed by atoms with van der Waals surface area (Å²) in [5.74, 6) is 0.0348. The van der Waals surface area contributed by atoms with E-state index in [1.807, 2.05) is 47.4 Å². The van der Waals surface area contributed by atoms with Gasteiger partial charge in [-0.25, -0.2) is 9.67 Å². The van der Waals surface area contributed by atoms with Gasteiger partial charge in [-0.05, 0) is 49.2 Å². The second-order valence-corrected chi connectivity index (χ2v) is 5.74. The number of fused-ring (bicyclic) bond motifs is 1. The molecular weight excluding hydrogens is 288 g/mol. The third-order valence-electron chi connectivity index (χ3n) is 4.22. The van der Waals surface area contributed by atoms with E-state index in [-0.39, 0.29) is 11.9 Å². The minimum Gasteiger partial charge on any atom is -0.305 e. The van der Waals surface area contributed by atoms with Crippen LogP contribution in [0.5, 0.6) is 0 Å². The standard InChI is InChI=1S/C18H16N4O/c1-13-10-15-4-2-3-5-17(15)22(13)18(23)14-6-8-16(9-7-14)21-12-19-11-20-21/h2-9,11-13H,10H2,1H3. The molecule has 114 valence electrons. The minimum absolute atomic E-state index is 0.0348. The van der Waals surface area contributed by atoms with Crippen LogP contribution in [-0.2, 0) is 6.42 Å². The summed E-state index contributed by atoms with van der Waals surface area (Å²) in [6, 6.07) is 15.7. The molecule has 1 atom stereocenters. The Bertz CT molecular complexity index is 840. The second-order valence-electron chi connectivity index (χ2n) is 5.74. The van der Waals surface area contributed by atoms with Crippen molar-refractivity contribution in [2.45, 2.75) is 19.4 Å². The van der Waals surface area contributed by atoms with E-state index in [0.717, 1.165) is 17.8 Å². The lowest BCUT2D eigenvalue weighted by Gasteiger charge is -2.22. The average Bonchev–Trinajstić information content (AvgIpc) is 3.21. The Morgan fingerprint density at radius 1 is 1.13 bits per heavy atom. The van der Waals surface area contributed by atoms with Gasteiger partial charge in [0.1, 0.15) is 12.7 Å². The SMILES string of the molecule is CC1Cc2ccccc2N1C(=O)c1ccc(-n2cncn2)cc1.